The van der Waals surface area contributed by atoms with Crippen LogP contribution in [0.4, 0.5) is 0 Å². The number of hydrogen-bond donors (Lipinski definition) is 1. The Morgan fingerprint density at radius 2 is 1.25 bits per heavy atom. The molecule has 55 heavy (non-hydrogen) atoms. The Kier molecular flexibility index (Phi) is 7.46. The lowest BCUT2D eigenvalue weighted by Gasteiger charge is -2.27. The Labute approximate surface area is 322 Å². The van der Waals surface area contributed by atoms with E-state index in [1.54, 1.807) is 0 Å². The summed E-state index contributed by atoms with van der Waals surface area (Å²) < 4.78 is 8.95. The van der Waals surface area contributed by atoms with Gasteiger partial charge in [0.05, 0.1) is 0 Å². The molecule has 1 atom stereocenters. The molecule has 4 heteroatoms. The summed E-state index contributed by atoms with van der Waals surface area (Å²) in [5.74, 6) is 0. The van der Waals surface area contributed by atoms with E-state index in [1.165, 1.54) is 75.2 Å². The van der Waals surface area contributed by atoms with Crippen molar-refractivity contribution in [3.63, 3.8) is 0 Å². The van der Waals surface area contributed by atoms with Crippen molar-refractivity contribution in [2.45, 2.75) is 25.9 Å². The molecule has 0 aliphatic carbocycles. The first kappa shape index (κ1) is 32.0. The predicted octanol–water partition coefficient (Wildman–Crippen LogP) is 14.2. The van der Waals surface area contributed by atoms with E-state index >= 15 is 0 Å². The molecule has 11 rings (SSSR count). The number of benzene rings is 8. The maximum atomic E-state index is 6.34. The maximum absolute atomic E-state index is 6.34. The molecule has 1 aliphatic rings. The van der Waals surface area contributed by atoms with Gasteiger partial charge in [0.2, 0.25) is 0 Å². The number of furan rings is 1. The minimum absolute atomic E-state index is 0.337. The van der Waals surface area contributed by atoms with Gasteiger partial charge >= 0.3 is 0 Å². The number of para-hydroxylation sites is 1. The molecule has 0 bridgehead atoms. The third-order valence-electron chi connectivity index (χ3n) is 11.4. The second kappa shape index (κ2) is 12.8. The van der Waals surface area contributed by atoms with Crippen molar-refractivity contribution in [1.29, 1.82) is 0 Å². The van der Waals surface area contributed by atoms with E-state index in [9.17, 15) is 0 Å². The first-order valence-corrected chi connectivity index (χ1v) is 19.8. The van der Waals surface area contributed by atoms with Gasteiger partial charge in [-0.3, -0.25) is 4.99 Å². The van der Waals surface area contributed by atoms with Crippen molar-refractivity contribution in [3.05, 3.63) is 186 Å². The summed E-state index contributed by atoms with van der Waals surface area (Å²) in [5, 5.41) is 13.8. The fourth-order valence-corrected chi connectivity index (χ4v) is 9.90. The second-order valence-electron chi connectivity index (χ2n) is 14.6. The molecule has 0 fully saturated rings. The van der Waals surface area contributed by atoms with E-state index in [-0.39, 0.29) is 6.17 Å². The molecule has 0 spiro atoms. The number of aliphatic imine (C=N–C) groups is 1. The van der Waals surface area contributed by atoms with Crippen molar-refractivity contribution in [3.8, 4) is 11.1 Å². The number of thiophene rings is 1. The lowest BCUT2D eigenvalue weighted by molar-refractivity contribution is 0.661. The van der Waals surface area contributed by atoms with Gasteiger partial charge in [-0.2, -0.15) is 0 Å². The van der Waals surface area contributed by atoms with Crippen LogP contribution in [0.25, 0.3) is 80.5 Å². The third-order valence-corrected chi connectivity index (χ3v) is 12.6. The van der Waals surface area contributed by atoms with Crippen LogP contribution >= 0.6 is 11.3 Å². The van der Waals surface area contributed by atoms with Crippen LogP contribution in [0.3, 0.4) is 0 Å². The molecule has 1 aliphatic heterocycles. The Morgan fingerprint density at radius 1 is 0.545 bits per heavy atom. The smallest absolute Gasteiger partial charge is 0.145 e. The summed E-state index contributed by atoms with van der Waals surface area (Å²) in [6, 6.07) is 59.1. The first-order valence-electron chi connectivity index (χ1n) is 19.0. The summed E-state index contributed by atoms with van der Waals surface area (Å²) >= 11 is 1.86. The van der Waals surface area contributed by atoms with Crippen LogP contribution < -0.4 is 5.32 Å². The van der Waals surface area contributed by atoms with E-state index in [4.69, 9.17) is 9.41 Å². The van der Waals surface area contributed by atoms with Gasteiger partial charge in [0.1, 0.15) is 17.3 Å². The van der Waals surface area contributed by atoms with Crippen LogP contribution in [-0.2, 0) is 0 Å². The van der Waals surface area contributed by atoms with Gasteiger partial charge in [-0.1, -0.05) is 133 Å². The zero-order chi connectivity index (χ0) is 36.5. The third kappa shape index (κ3) is 5.28. The van der Waals surface area contributed by atoms with Crippen molar-refractivity contribution in [2.24, 2.45) is 4.99 Å². The van der Waals surface area contributed by atoms with Gasteiger partial charge in [-0.05, 0) is 93.9 Å². The van der Waals surface area contributed by atoms with E-state index in [2.05, 4.69) is 170 Å². The lowest BCUT2D eigenvalue weighted by atomic mass is 9.90. The highest BCUT2D eigenvalue weighted by molar-refractivity contribution is 7.25. The van der Waals surface area contributed by atoms with E-state index < -0.39 is 0 Å². The SMILES string of the molecule is C/C1=C(/c2cccc3sc4ccccc4c23)NC(c2ccc(-c3cccc4oc5ccccc5c34)c3ccccc23)N=C(c2ccc3ccccc3c2)CC1. The first-order chi connectivity index (χ1) is 27.2. The largest absolute Gasteiger partial charge is 0.456 e. The van der Waals surface area contributed by atoms with E-state index in [0.29, 0.717) is 0 Å². The average Bonchev–Trinajstić information content (AvgIpc) is 3.81. The van der Waals surface area contributed by atoms with E-state index in [1.807, 2.05) is 17.4 Å². The molecule has 0 saturated carbocycles. The number of nitrogens with zero attached hydrogens (tertiary/aromatic N) is 1. The second-order valence-corrected chi connectivity index (χ2v) is 15.7. The molecule has 3 nitrogen and oxygen atoms in total. The Balaban J connectivity index is 1.12. The molecule has 10 aromatic rings. The summed E-state index contributed by atoms with van der Waals surface area (Å²) in [4.78, 5) is 5.72. The van der Waals surface area contributed by atoms with E-state index in [0.717, 1.165) is 46.1 Å². The van der Waals surface area contributed by atoms with Crippen LogP contribution in [0.5, 0.6) is 0 Å². The highest BCUT2D eigenvalue weighted by Gasteiger charge is 2.25. The molecule has 2 aromatic heterocycles. The van der Waals surface area contributed by atoms with Crippen LogP contribution in [0.15, 0.2) is 179 Å². The Hall–Kier alpha value is -6.49. The zero-order valence-electron chi connectivity index (χ0n) is 30.3. The minimum Gasteiger partial charge on any atom is -0.456 e. The Morgan fingerprint density at radius 3 is 2.16 bits per heavy atom. The van der Waals surface area contributed by atoms with Gasteiger partial charge in [-0.25, -0.2) is 0 Å². The summed E-state index contributed by atoms with van der Waals surface area (Å²) in [6.45, 7) is 2.30. The van der Waals surface area contributed by atoms with Crippen LogP contribution in [0.2, 0.25) is 0 Å². The summed E-state index contributed by atoms with van der Waals surface area (Å²) in [6.07, 6.45) is 1.41. The van der Waals surface area contributed by atoms with Gasteiger partial charge in [0, 0.05) is 53.5 Å². The molecule has 0 saturated heterocycles. The molecule has 0 radical (unpaired) electrons. The quantitative estimate of drug-likeness (QED) is 0.196. The average molecular weight is 725 g/mol. The molecule has 1 N–H and O–H groups in total. The molecular weight excluding hydrogens is 689 g/mol. The molecule has 0 amide bonds. The molecule has 262 valence electrons. The standard InChI is InChI=1S/C51H36N2OS/c1-31-24-29-43(34-26-25-32-12-2-3-13-33(32)30-34)52-51(53-50(31)42-19-11-23-47-49(42)41-17-7-9-22-46(41)55-47)39-28-27-37(35-14-4-5-15-36(35)39)38-18-10-21-45-48(38)40-16-6-8-20-44(40)54-45/h2-23,25-28,30,51,53H,24,29H2,1H3/b50-31+,52-43?. The number of allylic oxidation sites excluding steroid dienone is 1. The minimum atomic E-state index is -0.337. The summed E-state index contributed by atoms with van der Waals surface area (Å²) in [7, 11) is 0. The van der Waals surface area contributed by atoms with Gasteiger partial charge < -0.3 is 9.73 Å². The van der Waals surface area contributed by atoms with Crippen molar-refractivity contribution in [1.82, 2.24) is 5.32 Å². The van der Waals surface area contributed by atoms with Crippen LogP contribution in [-0.4, -0.2) is 5.71 Å². The topological polar surface area (TPSA) is 37.5 Å². The number of rotatable bonds is 4. The fourth-order valence-electron chi connectivity index (χ4n) is 8.76. The van der Waals surface area contributed by atoms with Crippen molar-refractivity contribution >= 4 is 86.4 Å². The van der Waals surface area contributed by atoms with Gasteiger partial charge in [0.25, 0.3) is 0 Å². The van der Waals surface area contributed by atoms with Gasteiger partial charge in [0.15, 0.2) is 0 Å². The molecule has 8 aromatic carbocycles. The normalized spacial score (nSPS) is 16.5. The fraction of sp³-hybridized carbons (Fsp3) is 0.0784. The zero-order valence-corrected chi connectivity index (χ0v) is 31.2. The van der Waals surface area contributed by atoms with Crippen LogP contribution in [0.1, 0.15) is 42.6 Å². The molecule has 3 heterocycles. The Bertz CT molecular complexity index is 3220. The highest BCUT2D eigenvalue weighted by atomic mass is 32.1. The van der Waals surface area contributed by atoms with Crippen molar-refractivity contribution in [2.75, 3.05) is 0 Å². The lowest BCUT2D eigenvalue weighted by Crippen LogP contribution is -2.24. The van der Waals surface area contributed by atoms with Crippen LogP contribution in [0, 0.1) is 0 Å². The molecular formula is C51H36N2OS. The monoisotopic (exact) mass is 724 g/mol. The van der Waals surface area contributed by atoms with Gasteiger partial charge in [-0.15, -0.1) is 11.3 Å². The molecule has 1 unspecified atom stereocenters. The number of fused-ring (bicyclic) bond motifs is 8. The number of nitrogens with one attached hydrogen (secondary N) is 1. The highest BCUT2D eigenvalue weighted by Crippen LogP contribution is 2.43. The predicted molar refractivity (Wildman–Crippen MR) is 234 cm³/mol. The maximum Gasteiger partial charge on any atom is 0.145 e. The van der Waals surface area contributed by atoms with Crippen molar-refractivity contribution < 1.29 is 4.42 Å². The summed E-state index contributed by atoms with van der Waals surface area (Å²) in [5.41, 5.74) is 11.3. The number of hydrogen-bond acceptors (Lipinski definition) is 4.